The average molecular weight is 246 g/mol. The van der Waals surface area contributed by atoms with Crippen molar-refractivity contribution in [2.24, 2.45) is 5.73 Å². The smallest absolute Gasteiger partial charge is 0.369 e. The van der Waals surface area contributed by atoms with Gasteiger partial charge in [0.25, 0.3) is 0 Å². The Hall–Kier alpha value is -1.56. The van der Waals surface area contributed by atoms with Gasteiger partial charge in [-0.25, -0.2) is 0 Å². The number of nitrogens with one attached hydrogen (secondary N) is 1. The number of amides is 1. The maximum atomic E-state index is 12.3. The third kappa shape index (κ3) is 4.07. The number of halogens is 3. The number of benzene rings is 1. The van der Waals surface area contributed by atoms with E-state index in [0.29, 0.717) is 5.56 Å². The molecule has 0 fully saturated rings. The third-order valence-corrected chi connectivity index (χ3v) is 2.32. The van der Waals surface area contributed by atoms with Crippen LogP contribution in [0.5, 0.6) is 0 Å². The van der Waals surface area contributed by atoms with Crippen LogP contribution in [0.1, 0.15) is 24.1 Å². The monoisotopic (exact) mass is 246 g/mol. The topological polar surface area (TPSA) is 55.1 Å². The highest BCUT2D eigenvalue weighted by Crippen LogP contribution is 2.29. The first-order chi connectivity index (χ1) is 7.80. The van der Waals surface area contributed by atoms with Crippen LogP contribution < -0.4 is 11.1 Å². The van der Waals surface area contributed by atoms with Crippen LogP contribution in [0.25, 0.3) is 0 Å². The van der Waals surface area contributed by atoms with Crippen molar-refractivity contribution in [1.29, 1.82) is 0 Å². The fourth-order valence-electron chi connectivity index (χ4n) is 1.33. The maximum absolute atomic E-state index is 12.3. The summed E-state index contributed by atoms with van der Waals surface area (Å²) >= 11 is 0. The van der Waals surface area contributed by atoms with Gasteiger partial charge in [-0.1, -0.05) is 12.1 Å². The normalized spacial score (nSPS) is 13.4. The largest absolute Gasteiger partial charge is 0.416 e. The molecule has 6 heteroatoms. The quantitative estimate of drug-likeness (QED) is 0.851. The molecular weight excluding hydrogens is 233 g/mol. The highest BCUT2D eigenvalue weighted by molar-refractivity contribution is 5.75. The van der Waals surface area contributed by atoms with Gasteiger partial charge in [0.2, 0.25) is 5.91 Å². The molecule has 17 heavy (non-hydrogen) atoms. The van der Waals surface area contributed by atoms with E-state index in [9.17, 15) is 18.0 Å². The van der Waals surface area contributed by atoms with E-state index in [1.165, 1.54) is 12.1 Å². The van der Waals surface area contributed by atoms with E-state index in [1.54, 1.807) is 6.92 Å². The molecule has 1 aromatic carbocycles. The highest BCUT2D eigenvalue weighted by atomic mass is 19.4. The van der Waals surface area contributed by atoms with Crippen LogP contribution in [0.2, 0.25) is 0 Å². The Labute approximate surface area is 96.8 Å². The Morgan fingerprint density at radius 3 is 2.29 bits per heavy atom. The number of primary amides is 1. The van der Waals surface area contributed by atoms with Crippen LogP contribution in [0, 0.1) is 0 Å². The molecule has 1 unspecified atom stereocenters. The Morgan fingerprint density at radius 1 is 1.35 bits per heavy atom. The number of alkyl halides is 3. The first kappa shape index (κ1) is 13.5. The van der Waals surface area contributed by atoms with Gasteiger partial charge >= 0.3 is 6.18 Å². The van der Waals surface area contributed by atoms with E-state index < -0.39 is 17.6 Å². The van der Waals surface area contributed by atoms with Crippen LogP contribution in [-0.2, 0) is 11.0 Å². The zero-order valence-corrected chi connectivity index (χ0v) is 9.21. The van der Waals surface area contributed by atoms with Crippen LogP contribution in [-0.4, -0.2) is 12.5 Å². The van der Waals surface area contributed by atoms with E-state index in [2.05, 4.69) is 5.32 Å². The van der Waals surface area contributed by atoms with Crippen LogP contribution in [0.4, 0.5) is 13.2 Å². The summed E-state index contributed by atoms with van der Waals surface area (Å²) in [6, 6.07) is 4.54. The van der Waals surface area contributed by atoms with Crippen molar-refractivity contribution in [1.82, 2.24) is 5.32 Å². The Morgan fingerprint density at radius 2 is 1.88 bits per heavy atom. The minimum atomic E-state index is -4.33. The summed E-state index contributed by atoms with van der Waals surface area (Å²) < 4.78 is 36.9. The fourth-order valence-corrected chi connectivity index (χ4v) is 1.33. The van der Waals surface area contributed by atoms with Crippen molar-refractivity contribution in [3.63, 3.8) is 0 Å². The van der Waals surface area contributed by atoms with Crippen LogP contribution in [0.15, 0.2) is 24.3 Å². The molecule has 0 aliphatic heterocycles. The number of hydrogen-bond acceptors (Lipinski definition) is 2. The number of nitrogens with two attached hydrogens (primary N) is 1. The fraction of sp³-hybridized carbons (Fsp3) is 0.364. The molecule has 1 atom stereocenters. The first-order valence-corrected chi connectivity index (χ1v) is 4.99. The summed E-state index contributed by atoms with van der Waals surface area (Å²) in [5, 5.41) is 2.80. The second kappa shape index (κ2) is 5.18. The average Bonchev–Trinajstić information content (AvgIpc) is 2.25. The molecule has 0 bridgehead atoms. The molecule has 0 heterocycles. The molecule has 0 aliphatic rings. The lowest BCUT2D eigenvalue weighted by Gasteiger charge is -2.14. The molecule has 0 aromatic heterocycles. The van der Waals surface area contributed by atoms with E-state index in [-0.39, 0.29) is 12.6 Å². The molecule has 94 valence electrons. The summed E-state index contributed by atoms with van der Waals surface area (Å²) in [6.45, 7) is 1.73. The second-order valence-corrected chi connectivity index (χ2v) is 3.69. The van der Waals surface area contributed by atoms with Crippen molar-refractivity contribution in [3.05, 3.63) is 35.4 Å². The molecule has 0 radical (unpaired) electrons. The number of rotatable bonds is 4. The second-order valence-electron chi connectivity index (χ2n) is 3.69. The van der Waals surface area contributed by atoms with Gasteiger partial charge in [-0.3, -0.25) is 4.79 Å². The lowest BCUT2D eigenvalue weighted by Crippen LogP contribution is -2.30. The maximum Gasteiger partial charge on any atom is 0.416 e. The van der Waals surface area contributed by atoms with Gasteiger partial charge in [-0.15, -0.1) is 0 Å². The number of hydrogen-bond donors (Lipinski definition) is 2. The van der Waals surface area contributed by atoms with E-state index in [1.807, 2.05) is 0 Å². The summed E-state index contributed by atoms with van der Waals surface area (Å²) in [5.74, 6) is -0.510. The molecule has 0 saturated heterocycles. The standard InChI is InChI=1S/C11H13F3N2O/c1-7(16-6-10(15)17)8-2-4-9(5-3-8)11(12,13)14/h2-5,7,16H,6H2,1H3,(H2,15,17). The Kier molecular flexibility index (Phi) is 4.11. The minimum Gasteiger partial charge on any atom is -0.369 e. The molecule has 3 nitrogen and oxygen atoms in total. The van der Waals surface area contributed by atoms with Gasteiger partial charge in [-0.05, 0) is 24.6 Å². The highest BCUT2D eigenvalue weighted by Gasteiger charge is 2.30. The van der Waals surface area contributed by atoms with Crippen molar-refractivity contribution < 1.29 is 18.0 Å². The predicted octanol–water partition coefficient (Wildman–Crippen LogP) is 1.84. The molecule has 1 aromatic rings. The van der Waals surface area contributed by atoms with Gasteiger partial charge in [0.1, 0.15) is 0 Å². The lowest BCUT2D eigenvalue weighted by molar-refractivity contribution is -0.137. The van der Waals surface area contributed by atoms with Crippen molar-refractivity contribution in [2.75, 3.05) is 6.54 Å². The lowest BCUT2D eigenvalue weighted by atomic mass is 10.1. The van der Waals surface area contributed by atoms with Gasteiger partial charge in [0.05, 0.1) is 12.1 Å². The van der Waals surface area contributed by atoms with E-state index in [0.717, 1.165) is 12.1 Å². The zero-order chi connectivity index (χ0) is 13.1. The Balaban J connectivity index is 2.70. The Bertz CT molecular complexity index is 387. The van der Waals surface area contributed by atoms with Crippen molar-refractivity contribution in [3.8, 4) is 0 Å². The SMILES string of the molecule is CC(NCC(N)=O)c1ccc(C(F)(F)F)cc1. The van der Waals surface area contributed by atoms with Gasteiger partial charge in [0.15, 0.2) is 0 Å². The van der Waals surface area contributed by atoms with Gasteiger partial charge in [-0.2, -0.15) is 13.2 Å². The number of carbonyl (C=O) groups excluding carboxylic acids is 1. The molecule has 1 rings (SSSR count). The van der Waals surface area contributed by atoms with Crippen molar-refractivity contribution in [2.45, 2.75) is 19.1 Å². The zero-order valence-electron chi connectivity index (χ0n) is 9.21. The van der Waals surface area contributed by atoms with Crippen molar-refractivity contribution >= 4 is 5.91 Å². The summed E-state index contributed by atoms with van der Waals surface area (Å²) in [5.41, 5.74) is 4.92. The molecular formula is C11H13F3N2O. The first-order valence-electron chi connectivity index (χ1n) is 4.99. The summed E-state index contributed by atoms with van der Waals surface area (Å²) in [6.07, 6.45) is -4.33. The number of carbonyl (C=O) groups is 1. The predicted molar refractivity (Wildman–Crippen MR) is 57.1 cm³/mol. The van der Waals surface area contributed by atoms with Gasteiger partial charge < -0.3 is 11.1 Å². The molecule has 0 saturated carbocycles. The van der Waals surface area contributed by atoms with Crippen LogP contribution >= 0.6 is 0 Å². The molecule has 3 N–H and O–H groups in total. The van der Waals surface area contributed by atoms with Crippen LogP contribution in [0.3, 0.4) is 0 Å². The molecule has 0 spiro atoms. The molecule has 0 aliphatic carbocycles. The van der Waals surface area contributed by atoms with E-state index >= 15 is 0 Å². The summed E-state index contributed by atoms with van der Waals surface area (Å²) in [4.78, 5) is 10.5. The van der Waals surface area contributed by atoms with Gasteiger partial charge in [0, 0.05) is 6.04 Å². The van der Waals surface area contributed by atoms with E-state index in [4.69, 9.17) is 5.73 Å². The molecule has 1 amide bonds. The minimum absolute atomic E-state index is 0.0117. The summed E-state index contributed by atoms with van der Waals surface area (Å²) in [7, 11) is 0. The third-order valence-electron chi connectivity index (χ3n) is 2.32.